The lowest BCUT2D eigenvalue weighted by atomic mass is 10.2. The molecule has 1 unspecified atom stereocenters. The summed E-state index contributed by atoms with van der Waals surface area (Å²) in [7, 11) is 0. The third-order valence-electron chi connectivity index (χ3n) is 2.69. The zero-order valence-corrected chi connectivity index (χ0v) is 8.57. The predicted octanol–water partition coefficient (Wildman–Crippen LogP) is 1.71. The second-order valence-electron chi connectivity index (χ2n) is 3.86. The Morgan fingerprint density at radius 1 is 1.50 bits per heavy atom. The lowest BCUT2D eigenvalue weighted by molar-refractivity contribution is 0.204. The monoisotopic (exact) mass is 222 g/mol. The van der Waals surface area contributed by atoms with Gasteiger partial charge < -0.3 is 14.6 Å². The fraction of sp³-hybridized carbons (Fsp3) is 0.364. The van der Waals surface area contributed by atoms with Crippen LogP contribution in [0.5, 0.6) is 5.88 Å². The molecule has 2 heterocycles. The topological polar surface area (TPSA) is 47.3 Å². The van der Waals surface area contributed by atoms with Gasteiger partial charge in [0.25, 0.3) is 5.88 Å². The van der Waals surface area contributed by atoms with E-state index in [-0.39, 0.29) is 11.9 Å². The Kier molecular flexibility index (Phi) is 2.25. The van der Waals surface area contributed by atoms with Gasteiger partial charge in [-0.05, 0) is 30.3 Å². The first-order chi connectivity index (χ1) is 7.83. The van der Waals surface area contributed by atoms with Crippen LogP contribution in [0.15, 0.2) is 22.7 Å². The van der Waals surface area contributed by atoms with Crippen molar-refractivity contribution in [1.82, 2.24) is 10.5 Å². The van der Waals surface area contributed by atoms with E-state index in [0.717, 1.165) is 19.5 Å². The molecule has 0 amide bonds. The first-order valence-electron chi connectivity index (χ1n) is 5.25. The number of fused-ring (bicyclic) bond motifs is 1. The van der Waals surface area contributed by atoms with E-state index in [0.29, 0.717) is 16.8 Å². The van der Waals surface area contributed by atoms with Crippen molar-refractivity contribution in [2.75, 3.05) is 13.1 Å². The number of nitrogens with one attached hydrogen (secondary N) is 1. The van der Waals surface area contributed by atoms with E-state index in [4.69, 9.17) is 9.26 Å². The average molecular weight is 222 g/mol. The van der Waals surface area contributed by atoms with Gasteiger partial charge in [0, 0.05) is 12.6 Å². The smallest absolute Gasteiger partial charge is 0.262 e. The van der Waals surface area contributed by atoms with Crippen molar-refractivity contribution in [2.24, 2.45) is 0 Å². The van der Waals surface area contributed by atoms with Gasteiger partial charge >= 0.3 is 0 Å². The van der Waals surface area contributed by atoms with Crippen molar-refractivity contribution in [3.05, 3.63) is 24.0 Å². The summed E-state index contributed by atoms with van der Waals surface area (Å²) in [6.07, 6.45) is 1.08. The van der Waals surface area contributed by atoms with Crippen LogP contribution in [0.3, 0.4) is 0 Å². The molecule has 1 aliphatic rings. The number of rotatable bonds is 2. The SMILES string of the molecule is Fc1ccc2c(OC3CCNC3)noc2c1. The van der Waals surface area contributed by atoms with Gasteiger partial charge in [0.1, 0.15) is 11.9 Å². The number of halogens is 1. The predicted molar refractivity (Wildman–Crippen MR) is 55.9 cm³/mol. The summed E-state index contributed by atoms with van der Waals surface area (Å²) in [5.41, 5.74) is 0.418. The molecule has 0 spiro atoms. The average Bonchev–Trinajstić information content (AvgIpc) is 2.89. The summed E-state index contributed by atoms with van der Waals surface area (Å²) in [5, 5.41) is 7.72. The van der Waals surface area contributed by atoms with E-state index in [1.807, 2.05) is 0 Å². The minimum absolute atomic E-state index is 0.123. The number of nitrogens with zero attached hydrogens (tertiary/aromatic N) is 1. The van der Waals surface area contributed by atoms with Crippen LogP contribution in [0.25, 0.3) is 11.0 Å². The van der Waals surface area contributed by atoms with Gasteiger partial charge in [-0.15, -0.1) is 0 Å². The Hall–Kier alpha value is -1.62. The summed E-state index contributed by atoms with van der Waals surface area (Å²) in [4.78, 5) is 0. The van der Waals surface area contributed by atoms with E-state index in [1.165, 1.54) is 12.1 Å². The highest BCUT2D eigenvalue weighted by Gasteiger charge is 2.19. The van der Waals surface area contributed by atoms with E-state index >= 15 is 0 Å². The summed E-state index contributed by atoms with van der Waals surface area (Å²) < 4.78 is 23.6. The molecular weight excluding hydrogens is 211 g/mol. The molecule has 3 rings (SSSR count). The number of benzene rings is 1. The summed E-state index contributed by atoms with van der Waals surface area (Å²) >= 11 is 0. The molecule has 16 heavy (non-hydrogen) atoms. The van der Waals surface area contributed by atoms with Gasteiger partial charge in [-0.1, -0.05) is 0 Å². The molecule has 1 fully saturated rings. The number of ether oxygens (including phenoxy) is 1. The van der Waals surface area contributed by atoms with E-state index in [1.54, 1.807) is 6.07 Å². The molecule has 1 atom stereocenters. The standard InChI is InChI=1S/C11H11FN2O2/c12-7-1-2-9-10(5-7)16-14-11(9)15-8-3-4-13-6-8/h1-2,5,8,13H,3-4,6H2. The Morgan fingerprint density at radius 3 is 3.25 bits per heavy atom. The Labute approximate surface area is 91.4 Å². The highest BCUT2D eigenvalue weighted by Crippen LogP contribution is 2.26. The molecule has 2 aromatic rings. The molecule has 4 nitrogen and oxygen atoms in total. The minimum Gasteiger partial charge on any atom is -0.470 e. The number of aromatic nitrogens is 1. The lowest BCUT2D eigenvalue weighted by Crippen LogP contribution is -2.19. The molecule has 1 aromatic heterocycles. The normalized spacial score (nSPS) is 20.4. The van der Waals surface area contributed by atoms with Gasteiger partial charge in [-0.3, -0.25) is 0 Å². The second kappa shape index (κ2) is 3.75. The van der Waals surface area contributed by atoms with Crippen LogP contribution in [-0.2, 0) is 0 Å². The molecule has 0 aliphatic carbocycles. The molecule has 1 saturated heterocycles. The van der Waals surface area contributed by atoms with Gasteiger partial charge in [0.2, 0.25) is 0 Å². The Bertz CT molecular complexity index is 506. The van der Waals surface area contributed by atoms with Crippen molar-refractivity contribution >= 4 is 11.0 Å². The maximum atomic E-state index is 12.9. The van der Waals surface area contributed by atoms with Crippen LogP contribution >= 0.6 is 0 Å². The van der Waals surface area contributed by atoms with Gasteiger partial charge in [0.05, 0.1) is 5.39 Å². The first-order valence-corrected chi connectivity index (χ1v) is 5.25. The fourth-order valence-electron chi connectivity index (χ4n) is 1.86. The third-order valence-corrected chi connectivity index (χ3v) is 2.69. The van der Waals surface area contributed by atoms with Crippen LogP contribution in [0.1, 0.15) is 6.42 Å². The van der Waals surface area contributed by atoms with Gasteiger partial charge in [-0.2, -0.15) is 0 Å². The van der Waals surface area contributed by atoms with Crippen molar-refractivity contribution < 1.29 is 13.7 Å². The van der Waals surface area contributed by atoms with Crippen LogP contribution in [0.4, 0.5) is 4.39 Å². The molecular formula is C11H11FN2O2. The highest BCUT2D eigenvalue weighted by atomic mass is 19.1. The zero-order valence-electron chi connectivity index (χ0n) is 8.57. The third kappa shape index (κ3) is 1.63. The van der Waals surface area contributed by atoms with Crippen molar-refractivity contribution in [2.45, 2.75) is 12.5 Å². The molecule has 1 aliphatic heterocycles. The largest absolute Gasteiger partial charge is 0.470 e. The molecule has 5 heteroatoms. The highest BCUT2D eigenvalue weighted by molar-refractivity contribution is 5.81. The van der Waals surface area contributed by atoms with E-state index in [2.05, 4.69) is 10.5 Å². The van der Waals surface area contributed by atoms with E-state index < -0.39 is 0 Å². The molecule has 0 bridgehead atoms. The summed E-state index contributed by atoms with van der Waals surface area (Å²) in [6.45, 7) is 1.77. The van der Waals surface area contributed by atoms with Crippen LogP contribution in [0, 0.1) is 5.82 Å². The molecule has 0 radical (unpaired) electrons. The summed E-state index contributed by atoms with van der Waals surface area (Å²) in [5.74, 6) is 0.112. The molecule has 1 N–H and O–H groups in total. The van der Waals surface area contributed by atoms with Gasteiger partial charge in [0.15, 0.2) is 5.58 Å². The lowest BCUT2D eigenvalue weighted by Gasteiger charge is -2.08. The van der Waals surface area contributed by atoms with Crippen molar-refractivity contribution in [3.8, 4) is 5.88 Å². The first kappa shape index (κ1) is 9.59. The minimum atomic E-state index is -0.335. The van der Waals surface area contributed by atoms with E-state index in [9.17, 15) is 4.39 Å². The Balaban J connectivity index is 1.91. The zero-order chi connectivity index (χ0) is 11.0. The maximum Gasteiger partial charge on any atom is 0.262 e. The van der Waals surface area contributed by atoms with Crippen LogP contribution in [-0.4, -0.2) is 24.4 Å². The molecule has 0 saturated carbocycles. The van der Waals surface area contributed by atoms with Crippen LogP contribution < -0.4 is 10.1 Å². The molecule has 1 aromatic carbocycles. The number of hydrogen-bond acceptors (Lipinski definition) is 4. The number of hydrogen-bond donors (Lipinski definition) is 1. The van der Waals surface area contributed by atoms with Gasteiger partial charge in [-0.25, -0.2) is 4.39 Å². The quantitative estimate of drug-likeness (QED) is 0.840. The summed E-state index contributed by atoms with van der Waals surface area (Å²) in [6, 6.07) is 4.31. The maximum absolute atomic E-state index is 12.9. The Morgan fingerprint density at radius 2 is 2.44 bits per heavy atom. The van der Waals surface area contributed by atoms with Crippen LogP contribution in [0.2, 0.25) is 0 Å². The van der Waals surface area contributed by atoms with Crippen molar-refractivity contribution in [1.29, 1.82) is 0 Å². The fourth-order valence-corrected chi connectivity index (χ4v) is 1.86. The molecule has 84 valence electrons. The van der Waals surface area contributed by atoms with Crippen molar-refractivity contribution in [3.63, 3.8) is 0 Å². The second-order valence-corrected chi connectivity index (χ2v) is 3.86.